The van der Waals surface area contributed by atoms with E-state index in [1.165, 1.54) is 12.8 Å². The predicted octanol–water partition coefficient (Wildman–Crippen LogP) is 0.224. The van der Waals surface area contributed by atoms with Crippen molar-refractivity contribution in [3.63, 3.8) is 0 Å². The maximum atomic E-state index is 8.83. The van der Waals surface area contributed by atoms with Crippen LogP contribution in [0.2, 0.25) is 0 Å². The molecule has 0 aromatic heterocycles. The Morgan fingerprint density at radius 1 is 1.67 bits per heavy atom. The lowest BCUT2D eigenvalue weighted by Crippen LogP contribution is -2.23. The molecule has 0 aromatic carbocycles. The molecule has 1 fully saturated rings. The molecule has 0 aliphatic heterocycles. The van der Waals surface area contributed by atoms with Gasteiger partial charge in [0.1, 0.15) is 0 Å². The highest BCUT2D eigenvalue weighted by molar-refractivity contribution is 4.81. The molecule has 1 aliphatic rings. The molecule has 0 bridgehead atoms. The van der Waals surface area contributed by atoms with Gasteiger partial charge in [0.05, 0.1) is 0 Å². The predicted molar refractivity (Wildman–Crippen MR) is 37.2 cm³/mol. The molecule has 1 rings (SSSR count). The second-order valence-corrected chi connectivity index (χ2v) is 2.84. The third-order valence-corrected chi connectivity index (χ3v) is 1.99. The van der Waals surface area contributed by atoms with E-state index in [0.29, 0.717) is 12.5 Å². The zero-order valence-electron chi connectivity index (χ0n) is 5.93. The topological polar surface area (TPSA) is 32.3 Å². The van der Waals surface area contributed by atoms with Crippen molar-refractivity contribution in [3.8, 4) is 0 Å². The van der Waals surface area contributed by atoms with Crippen molar-refractivity contribution in [2.24, 2.45) is 11.8 Å². The lowest BCUT2D eigenvalue weighted by Gasteiger charge is -2.10. The van der Waals surface area contributed by atoms with Crippen LogP contribution < -0.4 is 5.32 Å². The summed E-state index contributed by atoms with van der Waals surface area (Å²) in [5.41, 5.74) is 0. The van der Waals surface area contributed by atoms with Gasteiger partial charge in [-0.15, -0.1) is 0 Å². The average Bonchev–Trinajstić information content (AvgIpc) is 2.64. The Hall–Kier alpha value is -0.0800. The quantitative estimate of drug-likeness (QED) is 0.569. The molecule has 0 amide bonds. The first-order valence-electron chi connectivity index (χ1n) is 3.64. The molecule has 54 valence electrons. The van der Waals surface area contributed by atoms with Crippen LogP contribution >= 0.6 is 0 Å². The van der Waals surface area contributed by atoms with Gasteiger partial charge in [-0.25, -0.2) is 0 Å². The van der Waals surface area contributed by atoms with Gasteiger partial charge < -0.3 is 10.4 Å². The summed E-state index contributed by atoms with van der Waals surface area (Å²) in [5.74, 6) is 1.34. The van der Waals surface area contributed by atoms with E-state index in [4.69, 9.17) is 5.11 Å². The highest BCUT2D eigenvalue weighted by atomic mass is 16.3. The van der Waals surface area contributed by atoms with E-state index in [0.717, 1.165) is 12.5 Å². The Bertz CT molecular complexity index is 81.0. The molecule has 0 heterocycles. The number of aliphatic hydroxyl groups is 1. The highest BCUT2D eigenvalue weighted by Gasteiger charge is 2.29. The van der Waals surface area contributed by atoms with E-state index in [-0.39, 0.29) is 0 Å². The van der Waals surface area contributed by atoms with E-state index in [2.05, 4.69) is 5.32 Å². The molecular weight excluding hydrogens is 114 g/mol. The molecule has 1 saturated carbocycles. The lowest BCUT2D eigenvalue weighted by atomic mass is 10.1. The van der Waals surface area contributed by atoms with Gasteiger partial charge in [0, 0.05) is 13.2 Å². The number of hydrogen-bond donors (Lipinski definition) is 2. The maximum Gasteiger partial charge on any atom is 0.0474 e. The number of nitrogens with one attached hydrogen (secondary N) is 1. The fraction of sp³-hybridized carbons (Fsp3) is 1.00. The van der Waals surface area contributed by atoms with E-state index in [1.54, 1.807) is 0 Å². The van der Waals surface area contributed by atoms with Crippen molar-refractivity contribution in [2.45, 2.75) is 12.8 Å². The summed E-state index contributed by atoms with van der Waals surface area (Å²) in [6, 6.07) is 0. The van der Waals surface area contributed by atoms with Crippen molar-refractivity contribution in [3.05, 3.63) is 0 Å². The smallest absolute Gasteiger partial charge is 0.0474 e. The van der Waals surface area contributed by atoms with E-state index < -0.39 is 0 Å². The summed E-state index contributed by atoms with van der Waals surface area (Å²) in [4.78, 5) is 0. The molecule has 2 N–H and O–H groups in total. The second kappa shape index (κ2) is 3.18. The Kier molecular flexibility index (Phi) is 2.49. The van der Waals surface area contributed by atoms with Gasteiger partial charge in [0.2, 0.25) is 0 Å². The van der Waals surface area contributed by atoms with Crippen molar-refractivity contribution in [2.75, 3.05) is 20.2 Å². The largest absolute Gasteiger partial charge is 0.396 e. The minimum atomic E-state index is 0.353. The minimum Gasteiger partial charge on any atom is -0.396 e. The summed E-state index contributed by atoms with van der Waals surface area (Å²) in [5, 5.41) is 11.9. The van der Waals surface area contributed by atoms with E-state index >= 15 is 0 Å². The first-order valence-corrected chi connectivity index (χ1v) is 3.64. The van der Waals surface area contributed by atoms with Crippen LogP contribution in [0.3, 0.4) is 0 Å². The molecular formula is C7H15NO. The maximum absolute atomic E-state index is 8.83. The zero-order valence-corrected chi connectivity index (χ0v) is 5.93. The fourth-order valence-electron chi connectivity index (χ4n) is 1.21. The van der Waals surface area contributed by atoms with Crippen LogP contribution in [-0.2, 0) is 0 Å². The fourth-order valence-corrected chi connectivity index (χ4v) is 1.21. The summed E-state index contributed by atoms with van der Waals surface area (Å²) >= 11 is 0. The molecule has 0 spiro atoms. The van der Waals surface area contributed by atoms with Crippen molar-refractivity contribution >= 4 is 0 Å². The standard InChI is InChI=1S/C7H15NO/c1-8-4-7(5-9)6-2-3-6/h6-9H,2-5H2,1H3. The van der Waals surface area contributed by atoms with Gasteiger partial charge in [0.25, 0.3) is 0 Å². The van der Waals surface area contributed by atoms with Gasteiger partial charge in [-0.1, -0.05) is 0 Å². The summed E-state index contributed by atoms with van der Waals surface area (Å²) < 4.78 is 0. The Morgan fingerprint density at radius 3 is 2.67 bits per heavy atom. The van der Waals surface area contributed by atoms with Gasteiger partial charge in [-0.2, -0.15) is 0 Å². The monoisotopic (exact) mass is 129 g/mol. The molecule has 0 aromatic rings. The normalized spacial score (nSPS) is 22.0. The van der Waals surface area contributed by atoms with Crippen molar-refractivity contribution < 1.29 is 5.11 Å². The molecule has 2 heteroatoms. The summed E-state index contributed by atoms with van der Waals surface area (Å²) in [7, 11) is 1.94. The molecule has 9 heavy (non-hydrogen) atoms. The summed E-state index contributed by atoms with van der Waals surface area (Å²) in [6.07, 6.45) is 2.65. The summed E-state index contributed by atoms with van der Waals surface area (Å²) in [6.45, 7) is 1.33. The van der Waals surface area contributed by atoms with Crippen molar-refractivity contribution in [1.82, 2.24) is 5.32 Å². The first kappa shape index (κ1) is 7.03. The first-order chi connectivity index (χ1) is 4.38. The Labute approximate surface area is 56.3 Å². The molecule has 0 radical (unpaired) electrons. The lowest BCUT2D eigenvalue weighted by molar-refractivity contribution is 0.208. The van der Waals surface area contributed by atoms with Crippen LogP contribution in [-0.4, -0.2) is 25.3 Å². The minimum absolute atomic E-state index is 0.353. The second-order valence-electron chi connectivity index (χ2n) is 2.84. The van der Waals surface area contributed by atoms with Gasteiger partial charge in [-0.3, -0.25) is 0 Å². The average molecular weight is 129 g/mol. The third-order valence-electron chi connectivity index (χ3n) is 1.99. The van der Waals surface area contributed by atoms with Crippen LogP contribution in [0.1, 0.15) is 12.8 Å². The zero-order chi connectivity index (χ0) is 6.69. The number of aliphatic hydroxyl groups excluding tert-OH is 1. The van der Waals surface area contributed by atoms with Crippen LogP contribution in [0.4, 0.5) is 0 Å². The van der Waals surface area contributed by atoms with Crippen LogP contribution in [0.25, 0.3) is 0 Å². The SMILES string of the molecule is CNCC(CO)C1CC1. The van der Waals surface area contributed by atoms with E-state index in [1.807, 2.05) is 7.05 Å². The van der Waals surface area contributed by atoms with Crippen LogP contribution in [0, 0.1) is 11.8 Å². The third kappa shape index (κ3) is 1.95. The van der Waals surface area contributed by atoms with Gasteiger partial charge in [-0.05, 0) is 31.7 Å². The Balaban J connectivity index is 2.12. The molecule has 0 saturated heterocycles. The molecule has 1 aliphatic carbocycles. The number of rotatable bonds is 4. The highest BCUT2D eigenvalue weighted by Crippen LogP contribution is 2.35. The Morgan fingerprint density at radius 2 is 2.33 bits per heavy atom. The number of hydrogen-bond acceptors (Lipinski definition) is 2. The van der Waals surface area contributed by atoms with Crippen LogP contribution in [0.5, 0.6) is 0 Å². The van der Waals surface area contributed by atoms with Gasteiger partial charge in [0.15, 0.2) is 0 Å². The molecule has 1 atom stereocenters. The molecule has 2 nitrogen and oxygen atoms in total. The van der Waals surface area contributed by atoms with Crippen LogP contribution in [0.15, 0.2) is 0 Å². The van der Waals surface area contributed by atoms with Crippen molar-refractivity contribution in [1.29, 1.82) is 0 Å². The molecule has 1 unspecified atom stereocenters. The van der Waals surface area contributed by atoms with Gasteiger partial charge >= 0.3 is 0 Å². The van der Waals surface area contributed by atoms with E-state index in [9.17, 15) is 0 Å².